The van der Waals surface area contributed by atoms with Crippen LogP contribution in [0.2, 0.25) is 5.02 Å². The van der Waals surface area contributed by atoms with Gasteiger partial charge in [-0.3, -0.25) is 9.59 Å². The summed E-state index contributed by atoms with van der Waals surface area (Å²) in [5, 5.41) is 3.38. The molecule has 3 rings (SSSR count). The SMILES string of the molecule is CC(C)C(=O)N1CCN(c2ccccc2NC(=O)c2cc(Br)ccc2Cl)CC1. The molecular formula is C21H23BrClN3O2. The molecule has 1 aliphatic heterocycles. The van der Waals surface area contributed by atoms with Crippen molar-refractivity contribution in [3.05, 3.63) is 57.5 Å². The van der Waals surface area contributed by atoms with E-state index in [0.717, 1.165) is 28.9 Å². The second-order valence-corrected chi connectivity index (χ2v) is 8.39. The first-order valence-electron chi connectivity index (χ1n) is 9.26. The summed E-state index contributed by atoms with van der Waals surface area (Å²) < 4.78 is 0.793. The maximum absolute atomic E-state index is 12.8. The van der Waals surface area contributed by atoms with E-state index < -0.39 is 0 Å². The minimum absolute atomic E-state index is 0.00747. The van der Waals surface area contributed by atoms with Crippen LogP contribution in [0.15, 0.2) is 46.9 Å². The second kappa shape index (κ2) is 8.97. The van der Waals surface area contributed by atoms with Crippen LogP contribution in [0.5, 0.6) is 0 Å². The lowest BCUT2D eigenvalue weighted by Crippen LogP contribution is -2.50. The van der Waals surface area contributed by atoms with Crippen LogP contribution in [0.1, 0.15) is 24.2 Å². The number of amides is 2. The van der Waals surface area contributed by atoms with Crippen molar-refractivity contribution in [1.29, 1.82) is 0 Å². The molecule has 0 spiro atoms. The van der Waals surface area contributed by atoms with Gasteiger partial charge in [0.15, 0.2) is 0 Å². The summed E-state index contributed by atoms with van der Waals surface area (Å²) in [6, 6.07) is 12.9. The van der Waals surface area contributed by atoms with Crippen molar-refractivity contribution in [1.82, 2.24) is 4.90 Å². The number of piperazine rings is 1. The van der Waals surface area contributed by atoms with Crippen molar-refractivity contribution in [2.24, 2.45) is 5.92 Å². The highest BCUT2D eigenvalue weighted by molar-refractivity contribution is 9.10. The number of anilines is 2. The molecule has 2 amide bonds. The molecule has 0 aliphatic carbocycles. The normalized spacial score (nSPS) is 14.3. The van der Waals surface area contributed by atoms with Crippen LogP contribution in [0.25, 0.3) is 0 Å². The summed E-state index contributed by atoms with van der Waals surface area (Å²) in [5.74, 6) is -0.0639. The highest BCUT2D eigenvalue weighted by Crippen LogP contribution is 2.29. The number of rotatable bonds is 4. The Bertz CT molecular complexity index is 880. The average molecular weight is 465 g/mol. The molecule has 148 valence electrons. The highest BCUT2D eigenvalue weighted by Gasteiger charge is 2.24. The number of carbonyl (C=O) groups excluding carboxylic acids is 2. The first-order valence-corrected chi connectivity index (χ1v) is 10.4. The van der Waals surface area contributed by atoms with E-state index in [-0.39, 0.29) is 17.7 Å². The lowest BCUT2D eigenvalue weighted by molar-refractivity contribution is -0.134. The smallest absolute Gasteiger partial charge is 0.257 e. The number of hydrogen-bond acceptors (Lipinski definition) is 3. The zero-order valence-corrected chi connectivity index (χ0v) is 18.3. The van der Waals surface area contributed by atoms with Gasteiger partial charge >= 0.3 is 0 Å². The van der Waals surface area contributed by atoms with Gasteiger partial charge in [0.25, 0.3) is 5.91 Å². The number of hydrogen-bond donors (Lipinski definition) is 1. The standard InChI is InChI=1S/C21H23BrClN3O2/c1-14(2)21(28)26-11-9-25(10-12-26)19-6-4-3-5-18(19)24-20(27)16-13-15(22)7-8-17(16)23/h3-8,13-14H,9-12H2,1-2H3,(H,24,27). The Labute approximate surface area is 178 Å². The predicted octanol–water partition coefficient (Wildman–Crippen LogP) is 4.66. The number of nitrogens with one attached hydrogen (secondary N) is 1. The summed E-state index contributed by atoms with van der Waals surface area (Å²) >= 11 is 9.56. The topological polar surface area (TPSA) is 52.7 Å². The van der Waals surface area contributed by atoms with Gasteiger partial charge in [-0.05, 0) is 30.3 Å². The van der Waals surface area contributed by atoms with E-state index in [9.17, 15) is 9.59 Å². The number of benzene rings is 2. The average Bonchev–Trinajstić information content (AvgIpc) is 2.69. The van der Waals surface area contributed by atoms with E-state index in [1.165, 1.54) is 0 Å². The Morgan fingerprint density at radius 3 is 2.43 bits per heavy atom. The third-order valence-electron chi connectivity index (χ3n) is 4.75. The van der Waals surface area contributed by atoms with Gasteiger partial charge in [-0.1, -0.05) is 53.5 Å². The summed E-state index contributed by atoms with van der Waals surface area (Å²) in [6.45, 7) is 6.65. The molecule has 0 radical (unpaired) electrons. The minimum Gasteiger partial charge on any atom is -0.366 e. The van der Waals surface area contributed by atoms with Crippen LogP contribution in [-0.4, -0.2) is 42.9 Å². The Morgan fingerprint density at radius 1 is 1.07 bits per heavy atom. The molecule has 2 aromatic rings. The van der Waals surface area contributed by atoms with E-state index in [2.05, 4.69) is 26.1 Å². The maximum atomic E-state index is 12.8. The second-order valence-electron chi connectivity index (χ2n) is 7.06. The van der Waals surface area contributed by atoms with Crippen LogP contribution in [0.3, 0.4) is 0 Å². The predicted molar refractivity (Wildman–Crippen MR) is 117 cm³/mol. The van der Waals surface area contributed by atoms with E-state index in [0.29, 0.717) is 23.7 Å². The summed E-state index contributed by atoms with van der Waals surface area (Å²) in [6.07, 6.45) is 0. The van der Waals surface area contributed by atoms with Gasteiger partial charge in [0, 0.05) is 36.6 Å². The Morgan fingerprint density at radius 2 is 1.75 bits per heavy atom. The number of para-hydroxylation sites is 2. The van der Waals surface area contributed by atoms with Gasteiger partial charge in [0.05, 0.1) is 22.0 Å². The fourth-order valence-electron chi connectivity index (χ4n) is 3.25. The number of carbonyl (C=O) groups is 2. The third kappa shape index (κ3) is 4.67. The van der Waals surface area contributed by atoms with Gasteiger partial charge in [-0.25, -0.2) is 0 Å². The number of nitrogens with zero attached hydrogens (tertiary/aromatic N) is 2. The Kier molecular flexibility index (Phi) is 6.62. The van der Waals surface area contributed by atoms with Crippen molar-refractivity contribution in [3.63, 3.8) is 0 Å². The monoisotopic (exact) mass is 463 g/mol. The zero-order valence-electron chi connectivity index (χ0n) is 15.9. The van der Waals surface area contributed by atoms with Crippen LogP contribution in [0, 0.1) is 5.92 Å². The lowest BCUT2D eigenvalue weighted by Gasteiger charge is -2.37. The third-order valence-corrected chi connectivity index (χ3v) is 5.57. The molecule has 0 saturated carbocycles. The molecule has 0 aromatic heterocycles. The molecule has 1 saturated heterocycles. The minimum atomic E-state index is -0.257. The molecule has 7 heteroatoms. The van der Waals surface area contributed by atoms with Crippen LogP contribution in [-0.2, 0) is 4.79 Å². The molecule has 1 fully saturated rings. The van der Waals surface area contributed by atoms with Crippen LogP contribution in [0.4, 0.5) is 11.4 Å². The highest BCUT2D eigenvalue weighted by atomic mass is 79.9. The van der Waals surface area contributed by atoms with E-state index >= 15 is 0 Å². The molecule has 2 aromatic carbocycles. The van der Waals surface area contributed by atoms with Gasteiger partial charge in [-0.15, -0.1) is 0 Å². The van der Waals surface area contributed by atoms with Crippen molar-refractivity contribution in [2.75, 3.05) is 36.4 Å². The van der Waals surface area contributed by atoms with Gasteiger partial charge in [0.2, 0.25) is 5.91 Å². The molecule has 1 aliphatic rings. The Balaban J connectivity index is 1.74. The van der Waals surface area contributed by atoms with Crippen molar-refractivity contribution < 1.29 is 9.59 Å². The van der Waals surface area contributed by atoms with Gasteiger partial charge in [-0.2, -0.15) is 0 Å². The van der Waals surface area contributed by atoms with Crippen LogP contribution < -0.4 is 10.2 Å². The molecule has 5 nitrogen and oxygen atoms in total. The number of halogens is 2. The molecule has 0 bridgehead atoms. The molecular weight excluding hydrogens is 442 g/mol. The molecule has 0 atom stereocenters. The first-order chi connectivity index (χ1) is 13.4. The van der Waals surface area contributed by atoms with Crippen LogP contribution >= 0.6 is 27.5 Å². The fraction of sp³-hybridized carbons (Fsp3) is 0.333. The summed E-state index contributed by atoms with van der Waals surface area (Å²) in [5.41, 5.74) is 2.09. The largest absolute Gasteiger partial charge is 0.366 e. The lowest BCUT2D eigenvalue weighted by atomic mass is 10.1. The van der Waals surface area contributed by atoms with Gasteiger partial charge < -0.3 is 15.1 Å². The summed E-state index contributed by atoms with van der Waals surface area (Å²) in [7, 11) is 0. The quantitative estimate of drug-likeness (QED) is 0.716. The maximum Gasteiger partial charge on any atom is 0.257 e. The zero-order chi connectivity index (χ0) is 20.3. The fourth-order valence-corrected chi connectivity index (χ4v) is 3.81. The van der Waals surface area contributed by atoms with Crippen molar-refractivity contribution >= 4 is 50.7 Å². The molecule has 1 N–H and O–H groups in total. The molecule has 1 heterocycles. The van der Waals surface area contributed by atoms with Crippen molar-refractivity contribution in [3.8, 4) is 0 Å². The summed E-state index contributed by atoms with van der Waals surface area (Å²) in [4.78, 5) is 29.1. The molecule has 0 unspecified atom stereocenters. The van der Waals surface area contributed by atoms with Gasteiger partial charge in [0.1, 0.15) is 0 Å². The van der Waals surface area contributed by atoms with E-state index in [1.54, 1.807) is 18.2 Å². The first kappa shape index (κ1) is 20.7. The Hall–Kier alpha value is -2.05. The molecule has 28 heavy (non-hydrogen) atoms. The van der Waals surface area contributed by atoms with Crippen molar-refractivity contribution in [2.45, 2.75) is 13.8 Å². The van der Waals surface area contributed by atoms with E-state index in [1.807, 2.05) is 43.0 Å². The van der Waals surface area contributed by atoms with E-state index in [4.69, 9.17) is 11.6 Å².